The molecule has 2 heterocycles. The van der Waals surface area contributed by atoms with Crippen LogP contribution in [0.4, 0.5) is 11.4 Å². The minimum Gasteiger partial charge on any atom is -0.505 e. The molecule has 0 aliphatic heterocycles. The number of azo groups is 1. The summed E-state index contributed by atoms with van der Waals surface area (Å²) in [5.41, 5.74) is 4.60. The number of aromatic hydroxyl groups is 1. The molecule has 37 heavy (non-hydrogen) atoms. The lowest BCUT2D eigenvalue weighted by atomic mass is 10.0. The van der Waals surface area contributed by atoms with Crippen LogP contribution in [-0.2, 0) is 0 Å². The molecular formula is C26H24N8O3. The molecule has 0 fully saturated rings. The van der Waals surface area contributed by atoms with Crippen LogP contribution in [0, 0.1) is 13.8 Å². The van der Waals surface area contributed by atoms with Crippen LogP contribution in [0.25, 0.3) is 28.2 Å². The molecule has 5 rings (SSSR count). The van der Waals surface area contributed by atoms with Gasteiger partial charge < -0.3 is 9.84 Å². The molecule has 0 radical (unpaired) electrons. The van der Waals surface area contributed by atoms with Crippen molar-refractivity contribution in [2.45, 2.75) is 20.8 Å². The van der Waals surface area contributed by atoms with Gasteiger partial charge in [-0.05, 0) is 66.9 Å². The molecule has 0 amide bonds. The van der Waals surface area contributed by atoms with E-state index in [1.54, 1.807) is 18.2 Å². The summed E-state index contributed by atoms with van der Waals surface area (Å²) in [6.45, 7) is 6.12. The number of aryl methyl sites for hydroxylation is 2. The summed E-state index contributed by atoms with van der Waals surface area (Å²) in [7, 11) is 0. The van der Waals surface area contributed by atoms with Gasteiger partial charge in [0.15, 0.2) is 5.75 Å². The predicted octanol–water partition coefficient (Wildman–Crippen LogP) is 5.15. The number of aromatic nitrogens is 6. The van der Waals surface area contributed by atoms with E-state index in [-0.39, 0.29) is 23.0 Å². The molecule has 3 N–H and O–H groups in total. The van der Waals surface area contributed by atoms with Gasteiger partial charge in [-0.25, -0.2) is 4.68 Å². The van der Waals surface area contributed by atoms with Crippen molar-refractivity contribution in [1.82, 2.24) is 30.4 Å². The van der Waals surface area contributed by atoms with E-state index < -0.39 is 5.56 Å². The molecule has 0 unspecified atom stereocenters. The first-order valence-electron chi connectivity index (χ1n) is 11.6. The van der Waals surface area contributed by atoms with E-state index in [1.807, 2.05) is 63.2 Å². The standard InChI is InChI=1S/C26H24N8O3/c1-4-37-25-22(26(36)34(31-25)19-12-11-15(2)16(3)13-19)28-27-21-10-6-9-20(23(21)35)17-7-5-8-18(14-17)24-29-32-33-30-24/h5-14,31,35H,4H2,1-3H3,(H,29,30,32,33). The predicted molar refractivity (Wildman–Crippen MR) is 138 cm³/mol. The minimum absolute atomic E-state index is 0.00369. The second kappa shape index (κ2) is 9.90. The first-order chi connectivity index (χ1) is 18.0. The highest BCUT2D eigenvalue weighted by Gasteiger charge is 2.18. The zero-order valence-electron chi connectivity index (χ0n) is 20.4. The first kappa shape index (κ1) is 23.7. The van der Waals surface area contributed by atoms with Gasteiger partial charge in [0.1, 0.15) is 5.69 Å². The normalized spacial score (nSPS) is 11.3. The molecule has 0 saturated carbocycles. The van der Waals surface area contributed by atoms with Crippen molar-refractivity contribution in [3.05, 3.63) is 82.1 Å². The number of phenolic OH excluding ortho intramolecular Hbond substituents is 1. The van der Waals surface area contributed by atoms with Crippen LogP contribution in [0.2, 0.25) is 0 Å². The monoisotopic (exact) mass is 496 g/mol. The molecule has 11 nitrogen and oxygen atoms in total. The lowest BCUT2D eigenvalue weighted by molar-refractivity contribution is 0.325. The van der Waals surface area contributed by atoms with Crippen molar-refractivity contribution in [2.24, 2.45) is 10.2 Å². The van der Waals surface area contributed by atoms with Crippen molar-refractivity contribution in [3.8, 4) is 39.8 Å². The second-order valence-corrected chi connectivity index (χ2v) is 8.32. The lowest BCUT2D eigenvalue weighted by Crippen LogP contribution is -2.14. The van der Waals surface area contributed by atoms with E-state index in [0.29, 0.717) is 23.7 Å². The molecule has 186 valence electrons. The highest BCUT2D eigenvalue weighted by atomic mass is 16.5. The lowest BCUT2D eigenvalue weighted by Gasteiger charge is -2.07. The quantitative estimate of drug-likeness (QED) is 0.266. The molecule has 5 aromatic rings. The second-order valence-electron chi connectivity index (χ2n) is 8.32. The van der Waals surface area contributed by atoms with Gasteiger partial charge in [-0.15, -0.1) is 20.4 Å². The Bertz CT molecular complexity index is 1650. The van der Waals surface area contributed by atoms with Gasteiger partial charge in [-0.1, -0.05) is 36.4 Å². The Morgan fingerprint density at radius 2 is 1.81 bits per heavy atom. The molecular weight excluding hydrogens is 472 g/mol. The smallest absolute Gasteiger partial charge is 0.303 e. The Morgan fingerprint density at radius 1 is 1.00 bits per heavy atom. The van der Waals surface area contributed by atoms with Gasteiger partial charge in [-0.3, -0.25) is 9.89 Å². The van der Waals surface area contributed by atoms with E-state index in [9.17, 15) is 9.90 Å². The van der Waals surface area contributed by atoms with Crippen molar-refractivity contribution < 1.29 is 9.84 Å². The maximum absolute atomic E-state index is 13.2. The average molecular weight is 497 g/mol. The Kier molecular flexibility index (Phi) is 6.33. The molecule has 11 heteroatoms. The summed E-state index contributed by atoms with van der Waals surface area (Å²) in [6, 6.07) is 18.2. The van der Waals surface area contributed by atoms with Gasteiger partial charge >= 0.3 is 5.56 Å². The zero-order valence-corrected chi connectivity index (χ0v) is 20.4. The fourth-order valence-corrected chi connectivity index (χ4v) is 3.85. The summed E-state index contributed by atoms with van der Waals surface area (Å²) in [6.07, 6.45) is 0. The molecule has 2 aromatic heterocycles. The summed E-state index contributed by atoms with van der Waals surface area (Å²) in [5, 5.41) is 36.4. The van der Waals surface area contributed by atoms with Crippen LogP contribution >= 0.6 is 0 Å². The van der Waals surface area contributed by atoms with Crippen LogP contribution in [0.1, 0.15) is 18.1 Å². The maximum Gasteiger partial charge on any atom is 0.303 e. The number of nitrogens with zero attached hydrogens (tertiary/aromatic N) is 6. The summed E-state index contributed by atoms with van der Waals surface area (Å²) < 4.78 is 6.99. The summed E-state index contributed by atoms with van der Waals surface area (Å²) >= 11 is 0. The topological polar surface area (TPSA) is 146 Å². The molecule has 0 bridgehead atoms. The fraction of sp³-hybridized carbons (Fsp3) is 0.154. The number of hydrogen-bond acceptors (Lipinski definition) is 8. The molecule has 0 saturated heterocycles. The van der Waals surface area contributed by atoms with Gasteiger partial charge in [0.05, 0.1) is 12.3 Å². The van der Waals surface area contributed by atoms with Crippen molar-refractivity contribution in [3.63, 3.8) is 0 Å². The van der Waals surface area contributed by atoms with Crippen LogP contribution in [0.15, 0.2) is 75.7 Å². The van der Waals surface area contributed by atoms with Crippen LogP contribution in [0.5, 0.6) is 11.6 Å². The molecule has 3 aromatic carbocycles. The number of aromatic amines is 2. The van der Waals surface area contributed by atoms with Crippen molar-refractivity contribution in [2.75, 3.05) is 6.61 Å². The van der Waals surface area contributed by atoms with Gasteiger partial charge in [0, 0.05) is 11.1 Å². The van der Waals surface area contributed by atoms with E-state index in [1.165, 1.54) is 4.68 Å². The molecule has 0 atom stereocenters. The first-order valence-corrected chi connectivity index (χ1v) is 11.6. The fourth-order valence-electron chi connectivity index (χ4n) is 3.85. The highest BCUT2D eigenvalue weighted by Crippen LogP contribution is 2.39. The number of phenols is 1. The zero-order chi connectivity index (χ0) is 25.9. The van der Waals surface area contributed by atoms with Crippen molar-refractivity contribution >= 4 is 11.4 Å². The Morgan fingerprint density at radius 3 is 2.57 bits per heavy atom. The maximum atomic E-state index is 13.2. The van der Waals surface area contributed by atoms with Crippen LogP contribution < -0.4 is 10.3 Å². The number of H-pyrrole nitrogens is 2. The van der Waals surface area contributed by atoms with E-state index >= 15 is 0 Å². The van der Waals surface area contributed by atoms with E-state index in [2.05, 4.69) is 36.0 Å². The van der Waals surface area contributed by atoms with E-state index in [0.717, 1.165) is 22.3 Å². The minimum atomic E-state index is -0.418. The van der Waals surface area contributed by atoms with Gasteiger partial charge in [0.2, 0.25) is 17.4 Å². The molecule has 0 aliphatic rings. The summed E-state index contributed by atoms with van der Waals surface area (Å²) in [4.78, 5) is 13.2. The number of para-hydroxylation sites is 1. The Hall–Kier alpha value is -5.06. The molecule has 0 spiro atoms. The third-order valence-corrected chi connectivity index (χ3v) is 5.92. The van der Waals surface area contributed by atoms with Gasteiger partial charge in [0.25, 0.3) is 0 Å². The van der Waals surface area contributed by atoms with Gasteiger partial charge in [-0.2, -0.15) is 5.21 Å². The number of nitrogens with one attached hydrogen (secondary N) is 2. The highest BCUT2D eigenvalue weighted by molar-refractivity contribution is 5.78. The third kappa shape index (κ3) is 4.61. The summed E-state index contributed by atoms with van der Waals surface area (Å²) in [5.74, 6) is 0.547. The number of tetrazole rings is 1. The number of rotatable bonds is 7. The SMILES string of the molecule is CCOc1[nH]n(-c2ccc(C)c(C)c2)c(=O)c1N=Nc1cccc(-c2cccc(-c3nn[nH]n3)c2)c1O. The third-order valence-electron chi connectivity index (χ3n) is 5.92. The Balaban J connectivity index is 1.52. The number of ether oxygens (including phenoxy) is 1. The van der Waals surface area contributed by atoms with Crippen LogP contribution in [-0.4, -0.2) is 42.1 Å². The largest absolute Gasteiger partial charge is 0.505 e. The van der Waals surface area contributed by atoms with E-state index in [4.69, 9.17) is 4.74 Å². The van der Waals surface area contributed by atoms with Crippen LogP contribution in [0.3, 0.4) is 0 Å². The average Bonchev–Trinajstić information content (AvgIpc) is 3.54. The molecule has 0 aliphatic carbocycles. The Labute approximate surface area is 211 Å². The number of hydrogen-bond donors (Lipinski definition) is 3. The number of benzene rings is 3. The van der Waals surface area contributed by atoms with Crippen molar-refractivity contribution in [1.29, 1.82) is 0 Å².